The number of carbonyl (C=O) groups excluding carboxylic acids is 1. The van der Waals surface area contributed by atoms with Crippen LogP contribution in [0.15, 0.2) is 43.7 Å². The number of hydrogen-bond acceptors (Lipinski definition) is 2. The highest BCUT2D eigenvalue weighted by Crippen LogP contribution is 2.06. The monoisotopic (exact) mass is 174 g/mol. The normalized spacial score (nSPS) is 8.92. The van der Waals surface area contributed by atoms with E-state index in [0.29, 0.717) is 5.56 Å². The molecule has 1 aromatic rings. The zero-order valence-corrected chi connectivity index (χ0v) is 7.19. The first-order valence-electron chi connectivity index (χ1n) is 3.82. The van der Waals surface area contributed by atoms with Crippen molar-refractivity contribution in [2.45, 2.75) is 0 Å². The van der Waals surface area contributed by atoms with E-state index in [1.807, 2.05) is 0 Å². The molecule has 0 saturated carbocycles. The van der Waals surface area contributed by atoms with E-state index in [4.69, 9.17) is 0 Å². The lowest BCUT2D eigenvalue weighted by molar-refractivity contribution is 0.0664. The van der Waals surface area contributed by atoms with Crippen LogP contribution in [0.1, 0.15) is 15.9 Å². The van der Waals surface area contributed by atoms with Gasteiger partial charge in [-0.15, -0.1) is 0 Å². The van der Waals surface area contributed by atoms with Crippen LogP contribution in [0.4, 0.5) is 0 Å². The number of rotatable bonds is 3. The molecule has 0 aliphatic heterocycles. The van der Waals surface area contributed by atoms with Gasteiger partial charge in [0.1, 0.15) is 0 Å². The summed E-state index contributed by atoms with van der Waals surface area (Å²) in [5.74, 6) is -0.398. The summed E-state index contributed by atoms with van der Waals surface area (Å²) in [5, 5.41) is 0. The van der Waals surface area contributed by atoms with Crippen LogP contribution in [0.3, 0.4) is 0 Å². The molecule has 0 fully saturated rings. The number of hydrogen-bond donors (Lipinski definition) is 0. The zero-order valence-electron chi connectivity index (χ0n) is 7.19. The smallest absolute Gasteiger partial charge is 0.342 e. The molecule has 0 spiro atoms. The summed E-state index contributed by atoms with van der Waals surface area (Å²) in [4.78, 5) is 11.1. The van der Waals surface area contributed by atoms with E-state index in [1.165, 1.54) is 0 Å². The molecule has 0 N–H and O–H groups in total. The third kappa shape index (κ3) is 2.30. The molecule has 0 radical (unpaired) electrons. The molecule has 1 rings (SSSR count). The minimum absolute atomic E-state index is 0.398. The van der Waals surface area contributed by atoms with Gasteiger partial charge in [0, 0.05) is 0 Å². The summed E-state index contributed by atoms with van der Waals surface area (Å²) in [5.41, 5.74) is 1.47. The zero-order chi connectivity index (χ0) is 9.68. The van der Waals surface area contributed by atoms with Gasteiger partial charge in [-0.2, -0.15) is 0 Å². The molecule has 0 aliphatic rings. The van der Waals surface area contributed by atoms with Crippen LogP contribution in [-0.2, 0) is 4.74 Å². The van der Waals surface area contributed by atoms with Crippen molar-refractivity contribution in [3.63, 3.8) is 0 Å². The van der Waals surface area contributed by atoms with Gasteiger partial charge < -0.3 is 4.74 Å². The standard InChI is InChI=1S/C11H10O2/c1-3-9-5-7-10(8-6-9)11(12)13-4-2/h3-8H,1-2H2. The van der Waals surface area contributed by atoms with Gasteiger partial charge in [0.25, 0.3) is 0 Å². The summed E-state index contributed by atoms with van der Waals surface area (Å²) < 4.78 is 4.60. The van der Waals surface area contributed by atoms with Crippen LogP contribution in [-0.4, -0.2) is 5.97 Å². The predicted octanol–water partition coefficient (Wildman–Crippen LogP) is 2.63. The maximum Gasteiger partial charge on any atom is 0.342 e. The van der Waals surface area contributed by atoms with Crippen molar-refractivity contribution in [2.24, 2.45) is 0 Å². The molecule has 2 heteroatoms. The minimum Gasteiger partial charge on any atom is -0.432 e. The third-order valence-electron chi connectivity index (χ3n) is 1.57. The van der Waals surface area contributed by atoms with Crippen LogP contribution < -0.4 is 0 Å². The molecule has 2 nitrogen and oxygen atoms in total. The van der Waals surface area contributed by atoms with Crippen molar-refractivity contribution < 1.29 is 9.53 Å². The molecule has 0 aliphatic carbocycles. The Morgan fingerprint density at radius 1 is 1.23 bits per heavy atom. The maximum absolute atomic E-state index is 11.1. The van der Waals surface area contributed by atoms with Crippen LogP contribution >= 0.6 is 0 Å². The lowest BCUT2D eigenvalue weighted by atomic mass is 10.1. The van der Waals surface area contributed by atoms with Gasteiger partial charge in [0.15, 0.2) is 0 Å². The van der Waals surface area contributed by atoms with Crippen molar-refractivity contribution in [3.05, 3.63) is 54.8 Å². The second-order valence-electron chi connectivity index (χ2n) is 2.40. The molecule has 0 bridgehead atoms. The molecule has 0 aromatic heterocycles. The third-order valence-corrected chi connectivity index (χ3v) is 1.57. The fraction of sp³-hybridized carbons (Fsp3) is 0. The number of benzene rings is 1. The number of carbonyl (C=O) groups is 1. The highest BCUT2D eigenvalue weighted by Gasteiger charge is 2.03. The molecular formula is C11H10O2. The number of ether oxygens (including phenoxy) is 1. The first-order chi connectivity index (χ1) is 6.27. The topological polar surface area (TPSA) is 26.3 Å². The van der Waals surface area contributed by atoms with E-state index in [-0.39, 0.29) is 0 Å². The second kappa shape index (κ2) is 4.26. The average Bonchev–Trinajstić information content (AvgIpc) is 2.18. The molecule has 0 atom stereocenters. The quantitative estimate of drug-likeness (QED) is 0.520. The van der Waals surface area contributed by atoms with E-state index in [2.05, 4.69) is 17.9 Å². The molecular weight excluding hydrogens is 164 g/mol. The Bertz CT molecular complexity index is 322. The predicted molar refractivity (Wildman–Crippen MR) is 52.1 cm³/mol. The lowest BCUT2D eigenvalue weighted by Crippen LogP contribution is -1.99. The van der Waals surface area contributed by atoms with E-state index < -0.39 is 5.97 Å². The van der Waals surface area contributed by atoms with Crippen LogP contribution in [0.5, 0.6) is 0 Å². The Balaban J connectivity index is 2.85. The summed E-state index contributed by atoms with van der Waals surface area (Å²) in [6.45, 7) is 6.91. The highest BCUT2D eigenvalue weighted by atomic mass is 16.5. The van der Waals surface area contributed by atoms with E-state index in [1.54, 1.807) is 30.3 Å². The molecule has 13 heavy (non-hydrogen) atoms. The summed E-state index contributed by atoms with van der Waals surface area (Å²) in [6.07, 6.45) is 2.83. The summed E-state index contributed by atoms with van der Waals surface area (Å²) >= 11 is 0. The Morgan fingerprint density at radius 3 is 2.31 bits per heavy atom. The Morgan fingerprint density at radius 2 is 1.85 bits per heavy atom. The summed E-state index contributed by atoms with van der Waals surface area (Å²) in [7, 11) is 0. The van der Waals surface area contributed by atoms with Gasteiger partial charge in [-0.05, 0) is 17.7 Å². The Kier molecular flexibility index (Phi) is 3.03. The molecule has 0 unspecified atom stereocenters. The number of esters is 1. The van der Waals surface area contributed by atoms with Crippen molar-refractivity contribution in [3.8, 4) is 0 Å². The van der Waals surface area contributed by atoms with E-state index >= 15 is 0 Å². The van der Waals surface area contributed by atoms with Crippen molar-refractivity contribution in [2.75, 3.05) is 0 Å². The molecule has 66 valence electrons. The van der Waals surface area contributed by atoms with Gasteiger partial charge in [0.05, 0.1) is 11.8 Å². The fourth-order valence-electron chi connectivity index (χ4n) is 0.899. The molecule has 0 amide bonds. The fourth-order valence-corrected chi connectivity index (χ4v) is 0.899. The van der Waals surface area contributed by atoms with Gasteiger partial charge in [-0.25, -0.2) is 4.79 Å². The Hall–Kier alpha value is -1.83. The molecule has 0 heterocycles. The largest absolute Gasteiger partial charge is 0.432 e. The van der Waals surface area contributed by atoms with Crippen molar-refractivity contribution in [1.82, 2.24) is 0 Å². The van der Waals surface area contributed by atoms with E-state index in [9.17, 15) is 4.79 Å². The van der Waals surface area contributed by atoms with Gasteiger partial charge in [0.2, 0.25) is 0 Å². The van der Waals surface area contributed by atoms with Gasteiger partial charge in [-0.3, -0.25) is 0 Å². The maximum atomic E-state index is 11.1. The first-order valence-corrected chi connectivity index (χ1v) is 3.82. The van der Waals surface area contributed by atoms with Gasteiger partial charge >= 0.3 is 5.97 Å². The summed E-state index contributed by atoms with van der Waals surface area (Å²) in [6, 6.07) is 6.96. The molecule has 1 aromatic carbocycles. The SMILES string of the molecule is C=COC(=O)c1ccc(C=C)cc1. The average molecular weight is 174 g/mol. The van der Waals surface area contributed by atoms with Crippen LogP contribution in [0.25, 0.3) is 6.08 Å². The van der Waals surface area contributed by atoms with Crippen LogP contribution in [0.2, 0.25) is 0 Å². The van der Waals surface area contributed by atoms with Crippen molar-refractivity contribution >= 4 is 12.0 Å². The van der Waals surface area contributed by atoms with Crippen molar-refractivity contribution in [1.29, 1.82) is 0 Å². The second-order valence-corrected chi connectivity index (χ2v) is 2.40. The van der Waals surface area contributed by atoms with Gasteiger partial charge in [-0.1, -0.05) is 31.4 Å². The Labute approximate surface area is 77.2 Å². The highest BCUT2D eigenvalue weighted by molar-refractivity contribution is 5.89. The minimum atomic E-state index is -0.398. The molecule has 0 saturated heterocycles. The van der Waals surface area contributed by atoms with Crippen LogP contribution in [0, 0.1) is 0 Å². The first kappa shape index (κ1) is 9.26. The lowest BCUT2D eigenvalue weighted by Gasteiger charge is -1.98. The van der Waals surface area contributed by atoms with E-state index in [0.717, 1.165) is 11.8 Å².